The molecule has 8 heteroatoms. The van der Waals surface area contributed by atoms with Gasteiger partial charge in [0.15, 0.2) is 0 Å². The molecule has 1 heterocycles. The molecule has 2 aromatic carbocycles. The lowest BCUT2D eigenvalue weighted by atomic mass is 10.0. The highest BCUT2D eigenvalue weighted by molar-refractivity contribution is 5.76. The van der Waals surface area contributed by atoms with Crippen LogP contribution in [0.1, 0.15) is 29.2 Å². The molecule has 1 atom stereocenters. The van der Waals surface area contributed by atoms with Crippen molar-refractivity contribution in [3.05, 3.63) is 65.2 Å². The summed E-state index contributed by atoms with van der Waals surface area (Å²) >= 11 is 0. The number of nitrogens with one attached hydrogen (secondary N) is 1. The molecule has 1 fully saturated rings. The zero-order chi connectivity index (χ0) is 22.3. The predicted octanol–water partition coefficient (Wildman–Crippen LogP) is 4.02. The van der Waals surface area contributed by atoms with Crippen LogP contribution in [0.15, 0.2) is 48.5 Å². The lowest BCUT2D eigenvalue weighted by Crippen LogP contribution is -2.43. The summed E-state index contributed by atoms with van der Waals surface area (Å²) in [7, 11) is 0. The van der Waals surface area contributed by atoms with Gasteiger partial charge in [0, 0.05) is 26.1 Å². The molecular formula is C23H27F3N2O3. The van der Waals surface area contributed by atoms with Crippen LogP contribution in [0, 0.1) is 6.92 Å². The SMILES string of the molecule is Cc1cccc(C(CNC(=O)CCc2ccc(OC(F)(F)F)cc2)N2CCOCC2)c1. The van der Waals surface area contributed by atoms with Crippen molar-refractivity contribution in [1.29, 1.82) is 0 Å². The number of carbonyl (C=O) groups is 1. The topological polar surface area (TPSA) is 50.8 Å². The van der Waals surface area contributed by atoms with Crippen molar-refractivity contribution in [2.45, 2.75) is 32.2 Å². The lowest BCUT2D eigenvalue weighted by Gasteiger charge is -2.35. The molecule has 1 aliphatic heterocycles. The number of hydrogen-bond acceptors (Lipinski definition) is 4. The minimum atomic E-state index is -4.71. The summed E-state index contributed by atoms with van der Waals surface area (Å²) in [5.74, 6) is -0.367. The molecule has 0 aromatic heterocycles. The Bertz CT molecular complexity index is 850. The van der Waals surface area contributed by atoms with Gasteiger partial charge in [-0.25, -0.2) is 0 Å². The van der Waals surface area contributed by atoms with Crippen molar-refractivity contribution in [2.75, 3.05) is 32.8 Å². The molecule has 2 aromatic rings. The fraction of sp³-hybridized carbons (Fsp3) is 0.435. The number of hydrogen-bond donors (Lipinski definition) is 1. The quantitative estimate of drug-likeness (QED) is 0.679. The third kappa shape index (κ3) is 7.56. The van der Waals surface area contributed by atoms with Gasteiger partial charge in [0.1, 0.15) is 5.75 Å². The second kappa shape index (κ2) is 10.6. The van der Waals surface area contributed by atoms with Gasteiger partial charge in [-0.2, -0.15) is 0 Å². The van der Waals surface area contributed by atoms with E-state index in [2.05, 4.69) is 27.1 Å². The number of nitrogens with zero attached hydrogens (tertiary/aromatic N) is 1. The molecular weight excluding hydrogens is 409 g/mol. The number of aryl methyl sites for hydroxylation is 2. The summed E-state index contributed by atoms with van der Waals surface area (Å²) in [5, 5.41) is 3.02. The summed E-state index contributed by atoms with van der Waals surface area (Å²) in [4.78, 5) is 14.7. The maximum Gasteiger partial charge on any atom is 0.573 e. The van der Waals surface area contributed by atoms with Gasteiger partial charge >= 0.3 is 6.36 Å². The van der Waals surface area contributed by atoms with Crippen LogP contribution in [0.4, 0.5) is 13.2 Å². The Balaban J connectivity index is 1.53. The number of carbonyl (C=O) groups excluding carboxylic acids is 1. The van der Waals surface area contributed by atoms with Crippen LogP contribution in [-0.4, -0.2) is 50.0 Å². The van der Waals surface area contributed by atoms with E-state index in [9.17, 15) is 18.0 Å². The maximum absolute atomic E-state index is 12.4. The van der Waals surface area contributed by atoms with Gasteiger partial charge in [-0.05, 0) is 36.6 Å². The van der Waals surface area contributed by atoms with Crippen LogP contribution in [0.25, 0.3) is 0 Å². The zero-order valence-corrected chi connectivity index (χ0v) is 17.5. The van der Waals surface area contributed by atoms with Crippen molar-refractivity contribution in [3.63, 3.8) is 0 Å². The van der Waals surface area contributed by atoms with Crippen molar-refractivity contribution in [2.24, 2.45) is 0 Å². The molecule has 3 rings (SSSR count). The number of alkyl halides is 3. The highest BCUT2D eigenvalue weighted by Crippen LogP contribution is 2.24. The first-order chi connectivity index (χ1) is 14.8. The number of benzene rings is 2. The van der Waals surface area contributed by atoms with E-state index in [1.54, 1.807) is 0 Å². The first kappa shape index (κ1) is 23.1. The molecule has 1 aliphatic rings. The van der Waals surface area contributed by atoms with E-state index < -0.39 is 6.36 Å². The molecule has 0 aliphatic carbocycles. The van der Waals surface area contributed by atoms with Crippen molar-refractivity contribution < 1.29 is 27.4 Å². The van der Waals surface area contributed by atoms with Crippen LogP contribution in [0.5, 0.6) is 5.75 Å². The summed E-state index contributed by atoms with van der Waals surface area (Å²) in [6.07, 6.45) is -4.02. The monoisotopic (exact) mass is 436 g/mol. The van der Waals surface area contributed by atoms with Gasteiger partial charge in [-0.1, -0.05) is 42.0 Å². The molecule has 0 spiro atoms. The molecule has 0 radical (unpaired) electrons. The number of rotatable bonds is 8. The van der Waals surface area contributed by atoms with Crippen LogP contribution in [0.3, 0.4) is 0 Å². The van der Waals surface area contributed by atoms with Gasteiger partial charge < -0.3 is 14.8 Å². The fourth-order valence-electron chi connectivity index (χ4n) is 3.64. The van der Waals surface area contributed by atoms with E-state index in [0.717, 1.165) is 24.2 Å². The minimum Gasteiger partial charge on any atom is -0.406 e. The third-order valence-electron chi connectivity index (χ3n) is 5.20. The van der Waals surface area contributed by atoms with Gasteiger partial charge in [0.05, 0.1) is 19.3 Å². The van der Waals surface area contributed by atoms with E-state index in [1.807, 2.05) is 19.1 Å². The summed E-state index contributed by atoms with van der Waals surface area (Å²) in [6, 6.07) is 13.9. The number of morpholine rings is 1. The minimum absolute atomic E-state index is 0.0616. The Hall–Kier alpha value is -2.58. The summed E-state index contributed by atoms with van der Waals surface area (Å²) in [6.45, 7) is 5.49. The second-order valence-electron chi connectivity index (χ2n) is 7.57. The van der Waals surface area contributed by atoms with Crippen LogP contribution in [-0.2, 0) is 16.0 Å². The molecule has 168 valence electrons. The number of ether oxygens (including phenoxy) is 2. The van der Waals surface area contributed by atoms with Gasteiger partial charge in [0.2, 0.25) is 5.91 Å². The Morgan fingerprint density at radius 1 is 1.16 bits per heavy atom. The normalized spacial score (nSPS) is 16.0. The number of amides is 1. The Morgan fingerprint density at radius 3 is 2.52 bits per heavy atom. The summed E-state index contributed by atoms with van der Waals surface area (Å²) in [5.41, 5.74) is 3.09. The predicted molar refractivity (Wildman–Crippen MR) is 111 cm³/mol. The molecule has 1 N–H and O–H groups in total. The average Bonchev–Trinajstić information content (AvgIpc) is 2.73. The van der Waals surface area contributed by atoms with Crippen molar-refractivity contribution in [3.8, 4) is 5.75 Å². The summed E-state index contributed by atoms with van der Waals surface area (Å²) < 4.78 is 46.0. The average molecular weight is 436 g/mol. The number of halogens is 3. The molecule has 5 nitrogen and oxygen atoms in total. The highest BCUT2D eigenvalue weighted by atomic mass is 19.4. The van der Waals surface area contributed by atoms with Crippen molar-refractivity contribution in [1.82, 2.24) is 10.2 Å². The largest absolute Gasteiger partial charge is 0.573 e. The van der Waals surface area contributed by atoms with Gasteiger partial charge in [-0.3, -0.25) is 9.69 Å². The van der Waals surface area contributed by atoms with E-state index in [0.29, 0.717) is 26.2 Å². The van der Waals surface area contributed by atoms with Crippen LogP contribution in [0.2, 0.25) is 0 Å². The Labute approximate surface area is 180 Å². The Morgan fingerprint density at radius 2 is 1.87 bits per heavy atom. The van der Waals surface area contributed by atoms with Gasteiger partial charge in [-0.15, -0.1) is 13.2 Å². The van der Waals surface area contributed by atoms with Gasteiger partial charge in [0.25, 0.3) is 0 Å². The Kier molecular flexibility index (Phi) is 7.92. The molecule has 0 bridgehead atoms. The van der Waals surface area contributed by atoms with Crippen molar-refractivity contribution >= 4 is 5.91 Å². The third-order valence-corrected chi connectivity index (χ3v) is 5.20. The fourth-order valence-corrected chi connectivity index (χ4v) is 3.64. The van der Waals surface area contributed by atoms with E-state index in [1.165, 1.54) is 29.8 Å². The van der Waals surface area contributed by atoms with E-state index in [4.69, 9.17) is 4.74 Å². The first-order valence-electron chi connectivity index (χ1n) is 10.3. The van der Waals surface area contributed by atoms with Crippen LogP contribution < -0.4 is 10.1 Å². The molecule has 0 saturated carbocycles. The van der Waals surface area contributed by atoms with Crippen LogP contribution >= 0.6 is 0 Å². The first-order valence-corrected chi connectivity index (χ1v) is 10.3. The molecule has 31 heavy (non-hydrogen) atoms. The highest BCUT2D eigenvalue weighted by Gasteiger charge is 2.31. The second-order valence-corrected chi connectivity index (χ2v) is 7.57. The van der Waals surface area contributed by atoms with E-state index >= 15 is 0 Å². The smallest absolute Gasteiger partial charge is 0.406 e. The molecule has 1 saturated heterocycles. The lowest BCUT2D eigenvalue weighted by molar-refractivity contribution is -0.274. The molecule has 1 unspecified atom stereocenters. The zero-order valence-electron chi connectivity index (χ0n) is 17.5. The molecule has 1 amide bonds. The maximum atomic E-state index is 12.4. The van der Waals surface area contributed by atoms with E-state index in [-0.39, 0.29) is 24.1 Å². The standard InChI is InChI=1S/C23H27F3N2O3/c1-17-3-2-4-19(15-17)21(28-11-13-30-14-12-28)16-27-22(29)10-7-18-5-8-20(9-6-18)31-23(24,25)26/h2-6,8-9,15,21H,7,10-14,16H2,1H3,(H,27,29).